The van der Waals surface area contributed by atoms with Gasteiger partial charge in [0.2, 0.25) is 15.9 Å². The number of amides is 2. The zero-order valence-electron chi connectivity index (χ0n) is 23.5. The van der Waals surface area contributed by atoms with E-state index in [9.17, 15) is 18.0 Å². The van der Waals surface area contributed by atoms with Gasteiger partial charge in [0.1, 0.15) is 5.69 Å². The predicted molar refractivity (Wildman–Crippen MR) is 152 cm³/mol. The molecule has 2 amide bonds. The van der Waals surface area contributed by atoms with Crippen LogP contribution in [0.5, 0.6) is 0 Å². The molecule has 5 rings (SSSR count). The molecule has 2 saturated heterocycles. The molecule has 0 bridgehead atoms. The Hall–Kier alpha value is -1.78. The smallest absolute Gasteiger partial charge is 0.274 e. The Bertz CT molecular complexity index is 1100. The third-order valence-corrected chi connectivity index (χ3v) is 10.4. The number of hydrogen-bond donors (Lipinski definition) is 0. The second-order valence-corrected chi connectivity index (χ2v) is 14.0. The van der Waals surface area contributed by atoms with Crippen molar-refractivity contribution in [2.75, 3.05) is 12.8 Å². The molecule has 4 fully saturated rings. The van der Waals surface area contributed by atoms with Crippen molar-refractivity contribution in [3.63, 3.8) is 0 Å². The second kappa shape index (κ2) is 12.4. The highest BCUT2D eigenvalue weighted by Gasteiger charge is 2.58. The standard InChI is InChI=1S/C28H43N5O4S.ClH/c1-19(2)25-26-24(33(28(25)35)38(3,36)37)14-15-31(26)27(34)23-17-29-20(16-30-23)18-32(21-10-6-4-7-11-21)22-12-8-5-9-13-22;/h16-17,19,21-22,24-26H,4-15,18H2,1-3H3;1H/t24-,25+,26-;/m0./s1. The maximum Gasteiger partial charge on any atom is 0.274 e. The number of carbonyl (C=O) groups excluding carboxylic acids is 2. The summed E-state index contributed by atoms with van der Waals surface area (Å²) >= 11 is 0. The number of aromatic nitrogens is 2. The third-order valence-electron chi connectivity index (χ3n) is 9.28. The SMILES string of the molecule is CC(C)[C@H]1C(=O)N(S(C)(=O)=O)[C@H]2CCN(C(=O)c3cnc(CN(C4CCCCC4)C4CCCCC4)cn3)[C@H]12.Cl. The Morgan fingerprint density at radius 3 is 2.05 bits per heavy atom. The van der Waals surface area contributed by atoms with Crippen LogP contribution in [0.15, 0.2) is 12.4 Å². The Labute approximate surface area is 239 Å². The van der Waals surface area contributed by atoms with Crippen LogP contribution in [-0.2, 0) is 21.4 Å². The normalized spacial score (nSPS) is 26.8. The van der Waals surface area contributed by atoms with Crippen LogP contribution in [0.2, 0.25) is 0 Å². The average molecular weight is 582 g/mol. The van der Waals surface area contributed by atoms with Gasteiger partial charge in [-0.25, -0.2) is 17.7 Å². The fourth-order valence-corrected chi connectivity index (χ4v) is 8.70. The van der Waals surface area contributed by atoms with Crippen molar-refractivity contribution < 1.29 is 18.0 Å². The molecule has 2 aliphatic heterocycles. The number of carbonyl (C=O) groups is 2. The van der Waals surface area contributed by atoms with Crippen molar-refractivity contribution in [1.29, 1.82) is 0 Å². The molecule has 11 heteroatoms. The topological polar surface area (TPSA) is 104 Å². The molecule has 0 aromatic carbocycles. The molecule has 218 valence electrons. The van der Waals surface area contributed by atoms with E-state index in [1.807, 2.05) is 13.8 Å². The molecule has 2 saturated carbocycles. The molecule has 0 spiro atoms. The molecule has 4 aliphatic rings. The van der Waals surface area contributed by atoms with Gasteiger partial charge in [0.15, 0.2) is 0 Å². The van der Waals surface area contributed by atoms with Gasteiger partial charge in [-0.05, 0) is 38.0 Å². The summed E-state index contributed by atoms with van der Waals surface area (Å²) in [5.41, 5.74) is 1.14. The summed E-state index contributed by atoms with van der Waals surface area (Å²) in [6.07, 6.45) is 17.7. The number of nitrogens with zero attached hydrogens (tertiary/aromatic N) is 5. The summed E-state index contributed by atoms with van der Waals surface area (Å²) in [4.78, 5) is 40.2. The fourth-order valence-electron chi connectivity index (χ4n) is 7.53. The van der Waals surface area contributed by atoms with Crippen LogP contribution in [0.4, 0.5) is 0 Å². The summed E-state index contributed by atoms with van der Waals surface area (Å²) in [7, 11) is -3.71. The van der Waals surface area contributed by atoms with E-state index in [4.69, 9.17) is 0 Å². The summed E-state index contributed by atoms with van der Waals surface area (Å²) in [5.74, 6) is -1.31. The lowest BCUT2D eigenvalue weighted by Gasteiger charge is -2.41. The quantitative estimate of drug-likeness (QED) is 0.479. The van der Waals surface area contributed by atoms with Crippen LogP contribution in [0, 0.1) is 11.8 Å². The first-order valence-electron chi connectivity index (χ1n) is 14.6. The highest BCUT2D eigenvalue weighted by atomic mass is 35.5. The van der Waals surface area contributed by atoms with Crippen LogP contribution < -0.4 is 0 Å². The van der Waals surface area contributed by atoms with Gasteiger partial charge in [0.25, 0.3) is 5.91 Å². The van der Waals surface area contributed by atoms with E-state index >= 15 is 0 Å². The van der Waals surface area contributed by atoms with Crippen molar-refractivity contribution in [2.24, 2.45) is 11.8 Å². The van der Waals surface area contributed by atoms with Crippen molar-refractivity contribution in [2.45, 2.75) is 115 Å². The van der Waals surface area contributed by atoms with Gasteiger partial charge in [-0.3, -0.25) is 19.5 Å². The first kappa shape index (κ1) is 30.2. The Morgan fingerprint density at radius 1 is 0.974 bits per heavy atom. The van der Waals surface area contributed by atoms with Crippen LogP contribution in [0.25, 0.3) is 0 Å². The zero-order chi connectivity index (χ0) is 27.0. The number of rotatable bonds is 7. The van der Waals surface area contributed by atoms with E-state index in [0.717, 1.165) is 22.8 Å². The fraction of sp³-hybridized carbons (Fsp3) is 0.786. The van der Waals surface area contributed by atoms with Crippen LogP contribution in [0.1, 0.15) is 101 Å². The Balaban J connectivity index is 0.00000353. The van der Waals surface area contributed by atoms with Gasteiger partial charge in [-0.2, -0.15) is 0 Å². The molecule has 0 unspecified atom stereocenters. The number of likely N-dealkylation sites (tertiary alicyclic amines) is 1. The monoisotopic (exact) mass is 581 g/mol. The third kappa shape index (κ3) is 6.12. The van der Waals surface area contributed by atoms with E-state index in [0.29, 0.717) is 25.0 Å². The molecule has 3 atom stereocenters. The van der Waals surface area contributed by atoms with Crippen molar-refractivity contribution in [3.8, 4) is 0 Å². The van der Waals surface area contributed by atoms with Crippen molar-refractivity contribution >= 4 is 34.2 Å². The molecule has 0 N–H and O–H groups in total. The predicted octanol–water partition coefficient (Wildman–Crippen LogP) is 4.02. The number of hydrogen-bond acceptors (Lipinski definition) is 7. The van der Waals surface area contributed by atoms with Gasteiger partial charge in [0, 0.05) is 25.2 Å². The van der Waals surface area contributed by atoms with Gasteiger partial charge < -0.3 is 4.90 Å². The van der Waals surface area contributed by atoms with Crippen LogP contribution in [0.3, 0.4) is 0 Å². The molecule has 2 aliphatic carbocycles. The minimum Gasteiger partial charge on any atom is -0.331 e. The maximum atomic E-state index is 13.6. The molecule has 0 radical (unpaired) electrons. The number of halogens is 1. The summed E-state index contributed by atoms with van der Waals surface area (Å²) in [6.45, 7) is 4.98. The number of sulfonamides is 1. The summed E-state index contributed by atoms with van der Waals surface area (Å²) in [5, 5.41) is 0. The molecule has 3 heterocycles. The Kier molecular flexibility index (Phi) is 9.59. The molecule has 39 heavy (non-hydrogen) atoms. The average Bonchev–Trinajstić information content (AvgIpc) is 3.44. The highest BCUT2D eigenvalue weighted by molar-refractivity contribution is 7.88. The lowest BCUT2D eigenvalue weighted by atomic mass is 9.88. The first-order chi connectivity index (χ1) is 18.2. The van der Waals surface area contributed by atoms with Gasteiger partial charge >= 0.3 is 0 Å². The highest BCUT2D eigenvalue weighted by Crippen LogP contribution is 2.41. The first-order valence-corrected chi connectivity index (χ1v) is 16.4. The second-order valence-electron chi connectivity index (χ2n) is 12.2. The van der Waals surface area contributed by atoms with E-state index in [1.54, 1.807) is 17.3 Å². The summed E-state index contributed by atoms with van der Waals surface area (Å²) in [6, 6.07) is 0.212. The summed E-state index contributed by atoms with van der Waals surface area (Å²) < 4.78 is 25.9. The maximum absolute atomic E-state index is 13.6. The molecule has 1 aromatic rings. The largest absolute Gasteiger partial charge is 0.331 e. The molecular weight excluding hydrogens is 538 g/mol. The van der Waals surface area contributed by atoms with E-state index in [-0.39, 0.29) is 29.9 Å². The minimum atomic E-state index is -3.71. The minimum absolute atomic E-state index is 0. The molecule has 9 nitrogen and oxygen atoms in total. The van der Waals surface area contributed by atoms with Crippen molar-refractivity contribution in [1.82, 2.24) is 24.1 Å². The van der Waals surface area contributed by atoms with Gasteiger partial charge in [-0.15, -0.1) is 12.4 Å². The van der Waals surface area contributed by atoms with E-state index < -0.39 is 33.9 Å². The lowest BCUT2D eigenvalue weighted by Crippen LogP contribution is -2.45. The number of fused-ring (bicyclic) bond motifs is 1. The lowest BCUT2D eigenvalue weighted by molar-refractivity contribution is -0.129. The van der Waals surface area contributed by atoms with E-state index in [2.05, 4.69) is 14.9 Å². The molecule has 1 aromatic heterocycles. The van der Waals surface area contributed by atoms with Crippen molar-refractivity contribution in [3.05, 3.63) is 23.8 Å². The molecular formula is C28H44ClN5O4S. The zero-order valence-corrected chi connectivity index (χ0v) is 25.1. The van der Waals surface area contributed by atoms with E-state index in [1.165, 1.54) is 64.2 Å². The van der Waals surface area contributed by atoms with Crippen LogP contribution >= 0.6 is 12.4 Å². The van der Waals surface area contributed by atoms with Gasteiger partial charge in [-0.1, -0.05) is 52.4 Å². The Morgan fingerprint density at radius 2 is 1.56 bits per heavy atom. The van der Waals surface area contributed by atoms with Crippen LogP contribution in [-0.4, -0.2) is 81.3 Å². The van der Waals surface area contributed by atoms with Gasteiger partial charge in [0.05, 0.1) is 42.3 Å².